The zero-order valence-electron chi connectivity index (χ0n) is 10.9. The second-order valence-corrected chi connectivity index (χ2v) is 5.10. The van der Waals surface area contributed by atoms with Gasteiger partial charge in [-0.2, -0.15) is 0 Å². The molecule has 0 aliphatic rings. The van der Waals surface area contributed by atoms with E-state index in [-0.39, 0.29) is 6.04 Å². The molecule has 0 amide bonds. The summed E-state index contributed by atoms with van der Waals surface area (Å²) in [5.41, 5.74) is 2.57. The van der Waals surface area contributed by atoms with E-state index in [0.29, 0.717) is 0 Å². The van der Waals surface area contributed by atoms with E-state index in [1.165, 1.54) is 16.2 Å². The van der Waals surface area contributed by atoms with Crippen LogP contribution >= 0.6 is 11.8 Å². The molecule has 1 aromatic carbocycles. The van der Waals surface area contributed by atoms with Crippen molar-refractivity contribution in [2.24, 2.45) is 0 Å². The summed E-state index contributed by atoms with van der Waals surface area (Å²) in [6, 6.07) is 13.1. The predicted octanol–water partition coefficient (Wildman–Crippen LogP) is 3.83. The van der Waals surface area contributed by atoms with Crippen LogP contribution < -0.4 is 5.32 Å². The third-order valence-electron chi connectivity index (χ3n) is 2.98. The third-order valence-corrected chi connectivity index (χ3v) is 3.79. The molecule has 0 fully saturated rings. The van der Waals surface area contributed by atoms with Gasteiger partial charge >= 0.3 is 0 Å². The van der Waals surface area contributed by atoms with E-state index in [0.717, 1.165) is 13.0 Å². The molecule has 2 nitrogen and oxygen atoms in total. The Morgan fingerprint density at radius 3 is 2.72 bits per heavy atom. The summed E-state index contributed by atoms with van der Waals surface area (Å²) in [5, 5.41) is 3.62. The molecule has 2 aromatic rings. The summed E-state index contributed by atoms with van der Waals surface area (Å²) in [6.45, 7) is 3.21. The summed E-state index contributed by atoms with van der Waals surface area (Å²) in [6.07, 6.45) is 5.25. The van der Waals surface area contributed by atoms with E-state index in [1.807, 2.05) is 6.20 Å². The van der Waals surface area contributed by atoms with Crippen LogP contribution in [0.5, 0.6) is 0 Å². The summed E-state index contributed by atoms with van der Waals surface area (Å²) < 4.78 is 0. The van der Waals surface area contributed by atoms with Gasteiger partial charge in [0.25, 0.3) is 0 Å². The second-order valence-electron chi connectivity index (χ2n) is 4.25. The van der Waals surface area contributed by atoms with Gasteiger partial charge in [-0.3, -0.25) is 0 Å². The first-order valence-electron chi connectivity index (χ1n) is 6.36. The van der Waals surface area contributed by atoms with Crippen molar-refractivity contribution in [1.29, 1.82) is 0 Å². The zero-order valence-corrected chi connectivity index (χ0v) is 11.8. The van der Waals surface area contributed by atoms with Gasteiger partial charge in [0, 0.05) is 16.8 Å². The highest BCUT2D eigenvalue weighted by molar-refractivity contribution is 7.98. The highest BCUT2D eigenvalue weighted by Crippen LogP contribution is 2.29. The lowest BCUT2D eigenvalue weighted by Gasteiger charge is -2.20. The minimum absolute atomic E-state index is 0.253. The molecule has 0 aliphatic heterocycles. The summed E-state index contributed by atoms with van der Waals surface area (Å²) in [4.78, 5) is 4.66. The molecule has 0 spiro atoms. The maximum absolute atomic E-state index is 3.62. The number of benzene rings is 1. The maximum atomic E-state index is 3.62. The molecule has 1 heterocycles. The van der Waals surface area contributed by atoms with Crippen LogP contribution in [0, 0.1) is 0 Å². The Morgan fingerprint density at radius 1 is 1.22 bits per heavy atom. The van der Waals surface area contributed by atoms with Gasteiger partial charge in [-0.05, 0) is 43.0 Å². The third kappa shape index (κ3) is 2.98. The van der Waals surface area contributed by atoms with E-state index in [9.17, 15) is 0 Å². The molecule has 0 saturated carbocycles. The summed E-state index contributed by atoms with van der Waals surface area (Å²) in [7, 11) is 0. The van der Waals surface area contributed by atoms with Gasteiger partial charge in [-0.15, -0.1) is 11.8 Å². The van der Waals surface area contributed by atoms with Crippen LogP contribution in [0.2, 0.25) is 0 Å². The van der Waals surface area contributed by atoms with Crippen molar-refractivity contribution in [3.8, 4) is 0 Å². The molecule has 18 heavy (non-hydrogen) atoms. The van der Waals surface area contributed by atoms with Crippen LogP contribution in [-0.2, 0) is 0 Å². The van der Waals surface area contributed by atoms with Crippen LogP contribution in [0.15, 0.2) is 47.5 Å². The monoisotopic (exact) mass is 260 g/mol. The van der Waals surface area contributed by atoms with Crippen molar-refractivity contribution < 1.29 is 0 Å². The lowest BCUT2D eigenvalue weighted by molar-refractivity contribution is 0.582. The van der Waals surface area contributed by atoms with Crippen molar-refractivity contribution in [2.75, 3.05) is 12.8 Å². The van der Waals surface area contributed by atoms with Crippen LogP contribution in [0.1, 0.15) is 30.6 Å². The minimum Gasteiger partial charge on any atom is -0.363 e. The van der Waals surface area contributed by atoms with Gasteiger partial charge < -0.3 is 10.3 Å². The van der Waals surface area contributed by atoms with Gasteiger partial charge in [0.2, 0.25) is 0 Å². The van der Waals surface area contributed by atoms with Gasteiger partial charge in [0.1, 0.15) is 0 Å². The van der Waals surface area contributed by atoms with Crippen molar-refractivity contribution in [3.05, 3.63) is 53.9 Å². The highest BCUT2D eigenvalue weighted by Gasteiger charge is 2.16. The van der Waals surface area contributed by atoms with Gasteiger partial charge in [-0.1, -0.05) is 25.1 Å². The van der Waals surface area contributed by atoms with E-state index in [4.69, 9.17) is 0 Å². The van der Waals surface area contributed by atoms with Crippen LogP contribution in [0.25, 0.3) is 0 Å². The number of hydrogen-bond acceptors (Lipinski definition) is 2. The average Bonchev–Trinajstić information content (AvgIpc) is 2.94. The van der Waals surface area contributed by atoms with E-state index in [2.05, 4.69) is 59.9 Å². The highest BCUT2D eigenvalue weighted by atomic mass is 32.2. The Hall–Kier alpha value is -1.19. The summed E-state index contributed by atoms with van der Waals surface area (Å²) in [5.74, 6) is 0. The fourth-order valence-electron chi connectivity index (χ4n) is 2.10. The first-order chi connectivity index (χ1) is 8.86. The molecule has 2 N–H and O–H groups in total. The fourth-order valence-corrected chi connectivity index (χ4v) is 2.74. The van der Waals surface area contributed by atoms with E-state index in [1.54, 1.807) is 11.8 Å². The first-order valence-corrected chi connectivity index (χ1v) is 7.59. The van der Waals surface area contributed by atoms with E-state index >= 15 is 0 Å². The Labute approximate surface area is 113 Å². The second kappa shape index (κ2) is 6.66. The standard InChI is InChI=1S/C15H20N2S/c1-3-10-17-15(13-8-6-11-16-13)12-7-4-5-9-14(12)18-2/h4-9,11,15-17H,3,10H2,1-2H3. The molecular weight excluding hydrogens is 240 g/mol. The van der Waals surface area contributed by atoms with Gasteiger partial charge in [0.05, 0.1) is 6.04 Å². The van der Waals surface area contributed by atoms with Crippen molar-refractivity contribution >= 4 is 11.8 Å². The van der Waals surface area contributed by atoms with Crippen LogP contribution in [-0.4, -0.2) is 17.8 Å². The quantitative estimate of drug-likeness (QED) is 0.773. The number of rotatable bonds is 6. The fraction of sp³-hybridized carbons (Fsp3) is 0.333. The molecule has 0 bridgehead atoms. The Bertz CT molecular complexity index is 465. The Balaban J connectivity index is 2.33. The molecular formula is C15H20N2S. The molecule has 1 unspecified atom stereocenters. The molecule has 0 radical (unpaired) electrons. The first kappa shape index (κ1) is 13.2. The number of H-pyrrole nitrogens is 1. The molecule has 1 aromatic heterocycles. The average molecular weight is 260 g/mol. The van der Waals surface area contributed by atoms with E-state index < -0.39 is 0 Å². The van der Waals surface area contributed by atoms with Crippen molar-refractivity contribution in [3.63, 3.8) is 0 Å². The molecule has 2 rings (SSSR count). The number of aromatic amines is 1. The number of hydrogen-bond donors (Lipinski definition) is 2. The lowest BCUT2D eigenvalue weighted by atomic mass is 10.0. The largest absolute Gasteiger partial charge is 0.363 e. The molecule has 3 heteroatoms. The van der Waals surface area contributed by atoms with Crippen molar-refractivity contribution in [1.82, 2.24) is 10.3 Å². The molecule has 1 atom stereocenters. The number of thioether (sulfide) groups is 1. The zero-order chi connectivity index (χ0) is 12.8. The predicted molar refractivity (Wildman–Crippen MR) is 79.2 cm³/mol. The summed E-state index contributed by atoms with van der Waals surface area (Å²) >= 11 is 1.80. The maximum Gasteiger partial charge on any atom is 0.0739 e. The van der Waals surface area contributed by atoms with Gasteiger partial charge in [0.15, 0.2) is 0 Å². The smallest absolute Gasteiger partial charge is 0.0739 e. The number of nitrogens with one attached hydrogen (secondary N) is 2. The number of aromatic nitrogens is 1. The minimum atomic E-state index is 0.253. The Morgan fingerprint density at radius 2 is 2.06 bits per heavy atom. The molecule has 0 saturated heterocycles. The van der Waals surface area contributed by atoms with Crippen LogP contribution in [0.4, 0.5) is 0 Å². The normalized spacial score (nSPS) is 12.6. The Kier molecular flexibility index (Phi) is 4.90. The van der Waals surface area contributed by atoms with Gasteiger partial charge in [-0.25, -0.2) is 0 Å². The lowest BCUT2D eigenvalue weighted by Crippen LogP contribution is -2.24. The van der Waals surface area contributed by atoms with Crippen molar-refractivity contribution in [2.45, 2.75) is 24.3 Å². The van der Waals surface area contributed by atoms with Crippen LogP contribution in [0.3, 0.4) is 0 Å². The SMILES string of the molecule is CCCNC(c1ccc[nH]1)c1ccccc1SC. The molecule has 0 aliphatic carbocycles. The topological polar surface area (TPSA) is 27.8 Å². The molecule has 96 valence electrons.